The van der Waals surface area contributed by atoms with Crippen molar-refractivity contribution < 1.29 is 4.42 Å². The Kier molecular flexibility index (Phi) is 5.97. The molecule has 2 N–H and O–H groups in total. The highest BCUT2D eigenvalue weighted by atomic mass is 79.9. The monoisotopic (exact) mass is 444 g/mol. The first-order valence-electron chi connectivity index (χ1n) is 9.58. The van der Waals surface area contributed by atoms with Crippen LogP contribution in [0.15, 0.2) is 56.8 Å². The summed E-state index contributed by atoms with van der Waals surface area (Å²) in [4.78, 5) is 11.5. The first-order chi connectivity index (χ1) is 13.7. The van der Waals surface area contributed by atoms with E-state index < -0.39 is 0 Å². The number of guanidine groups is 1. The molecule has 3 aromatic rings. The van der Waals surface area contributed by atoms with Crippen LogP contribution < -0.4 is 10.6 Å². The summed E-state index contributed by atoms with van der Waals surface area (Å²) in [6.07, 6.45) is 8.26. The Morgan fingerprint density at radius 3 is 2.86 bits per heavy atom. The minimum absolute atomic E-state index is 0.212. The van der Waals surface area contributed by atoms with Crippen molar-refractivity contribution in [2.24, 2.45) is 4.99 Å². The minimum atomic E-state index is 0.212. The number of furan rings is 1. The molecule has 148 valence electrons. The third-order valence-corrected chi connectivity index (χ3v) is 5.51. The largest absolute Gasteiger partial charge is 0.468 e. The van der Waals surface area contributed by atoms with E-state index in [4.69, 9.17) is 4.42 Å². The van der Waals surface area contributed by atoms with Gasteiger partial charge >= 0.3 is 0 Å². The van der Waals surface area contributed by atoms with E-state index in [9.17, 15) is 0 Å². The number of halogens is 1. The van der Waals surface area contributed by atoms with E-state index in [-0.39, 0.29) is 6.04 Å². The molecule has 0 aromatic carbocycles. The summed E-state index contributed by atoms with van der Waals surface area (Å²) in [6, 6.07) is 8.20. The molecular formula is C20H25BrN6O. The molecule has 1 saturated heterocycles. The molecule has 0 aliphatic carbocycles. The average molecular weight is 445 g/mol. The van der Waals surface area contributed by atoms with E-state index in [0.717, 1.165) is 47.2 Å². The summed E-state index contributed by atoms with van der Waals surface area (Å²) in [7, 11) is 1.79. The zero-order chi connectivity index (χ0) is 19.3. The molecule has 4 rings (SSSR count). The Morgan fingerprint density at radius 1 is 1.25 bits per heavy atom. The number of hydrogen-bond donors (Lipinski definition) is 2. The highest BCUT2D eigenvalue weighted by Gasteiger charge is 2.25. The fraction of sp³-hybridized carbons (Fsp3) is 0.400. The van der Waals surface area contributed by atoms with E-state index >= 15 is 0 Å². The number of pyridine rings is 1. The van der Waals surface area contributed by atoms with Crippen LogP contribution in [0.5, 0.6) is 0 Å². The highest BCUT2D eigenvalue weighted by Crippen LogP contribution is 2.24. The molecule has 1 atom stereocenters. The number of likely N-dealkylation sites (tertiary alicyclic amines) is 1. The van der Waals surface area contributed by atoms with Crippen LogP contribution in [-0.2, 0) is 6.54 Å². The number of aromatic nitrogens is 2. The van der Waals surface area contributed by atoms with Gasteiger partial charge in [-0.1, -0.05) is 0 Å². The third-order valence-electron chi connectivity index (χ3n) is 5.04. The Balaban J connectivity index is 1.36. The lowest BCUT2D eigenvalue weighted by Crippen LogP contribution is -2.42. The van der Waals surface area contributed by atoms with Crippen molar-refractivity contribution in [3.05, 3.63) is 58.8 Å². The fourth-order valence-electron chi connectivity index (χ4n) is 3.63. The van der Waals surface area contributed by atoms with Gasteiger partial charge in [-0.05, 0) is 66.1 Å². The van der Waals surface area contributed by atoms with Crippen LogP contribution in [0.3, 0.4) is 0 Å². The van der Waals surface area contributed by atoms with E-state index in [1.165, 1.54) is 12.8 Å². The lowest BCUT2D eigenvalue weighted by Gasteiger charge is -2.26. The topological polar surface area (TPSA) is 70.1 Å². The molecule has 0 saturated carbocycles. The van der Waals surface area contributed by atoms with Crippen LogP contribution in [0.4, 0.5) is 0 Å². The zero-order valence-corrected chi connectivity index (χ0v) is 17.5. The zero-order valence-electron chi connectivity index (χ0n) is 15.9. The Labute approximate surface area is 173 Å². The second-order valence-electron chi connectivity index (χ2n) is 6.93. The molecule has 0 radical (unpaired) electrons. The maximum absolute atomic E-state index is 5.69. The number of fused-ring (bicyclic) bond motifs is 1. The van der Waals surface area contributed by atoms with Crippen LogP contribution in [0.25, 0.3) is 5.65 Å². The smallest absolute Gasteiger partial charge is 0.191 e. The lowest BCUT2D eigenvalue weighted by molar-refractivity contribution is 0.215. The van der Waals surface area contributed by atoms with Crippen molar-refractivity contribution in [2.45, 2.75) is 25.4 Å². The third kappa shape index (κ3) is 4.39. The predicted octanol–water partition coefficient (Wildman–Crippen LogP) is 3.19. The van der Waals surface area contributed by atoms with Gasteiger partial charge in [-0.3, -0.25) is 9.89 Å². The molecule has 1 unspecified atom stereocenters. The van der Waals surface area contributed by atoms with Gasteiger partial charge in [0, 0.05) is 30.5 Å². The molecular weight excluding hydrogens is 420 g/mol. The van der Waals surface area contributed by atoms with Gasteiger partial charge in [-0.2, -0.15) is 0 Å². The molecule has 4 heterocycles. The summed E-state index contributed by atoms with van der Waals surface area (Å²) < 4.78 is 8.73. The number of rotatable bonds is 6. The maximum atomic E-state index is 5.69. The molecule has 1 aliphatic rings. The van der Waals surface area contributed by atoms with Gasteiger partial charge in [0.25, 0.3) is 0 Å². The number of aliphatic imine (C=N–C) groups is 1. The Bertz CT molecular complexity index is 929. The predicted molar refractivity (Wildman–Crippen MR) is 113 cm³/mol. The van der Waals surface area contributed by atoms with Gasteiger partial charge in [0.05, 0.1) is 24.5 Å². The van der Waals surface area contributed by atoms with Crippen molar-refractivity contribution in [3.8, 4) is 0 Å². The fourth-order valence-corrected chi connectivity index (χ4v) is 3.99. The highest BCUT2D eigenvalue weighted by molar-refractivity contribution is 9.10. The number of nitrogens with zero attached hydrogens (tertiary/aromatic N) is 4. The van der Waals surface area contributed by atoms with E-state index in [0.29, 0.717) is 6.54 Å². The van der Waals surface area contributed by atoms with E-state index in [2.05, 4.69) is 47.5 Å². The molecule has 28 heavy (non-hydrogen) atoms. The number of imidazole rings is 1. The second-order valence-corrected chi connectivity index (χ2v) is 7.84. The second kappa shape index (κ2) is 8.79. The standard InChI is InChI=1S/C20H25BrN6O/c1-22-20(23-11-16-14-27-13-15(21)6-7-19(27)25-16)24-12-17(18-5-4-10-28-18)26-8-2-3-9-26/h4-7,10,13-14,17H,2-3,8-9,11-12H2,1H3,(H2,22,23,24). The van der Waals surface area contributed by atoms with Crippen molar-refractivity contribution in [3.63, 3.8) is 0 Å². The molecule has 1 fully saturated rings. The summed E-state index contributed by atoms with van der Waals surface area (Å²) in [6.45, 7) is 3.56. The summed E-state index contributed by atoms with van der Waals surface area (Å²) in [5, 5.41) is 6.80. The van der Waals surface area contributed by atoms with Gasteiger partial charge < -0.3 is 19.5 Å². The van der Waals surface area contributed by atoms with E-state index in [1.807, 2.05) is 35.0 Å². The normalized spacial score (nSPS) is 16.6. The van der Waals surface area contributed by atoms with Crippen LogP contribution in [0, 0.1) is 0 Å². The maximum Gasteiger partial charge on any atom is 0.191 e. The Morgan fingerprint density at radius 2 is 2.11 bits per heavy atom. The van der Waals surface area contributed by atoms with Crippen LogP contribution in [0.2, 0.25) is 0 Å². The molecule has 3 aromatic heterocycles. The quantitative estimate of drug-likeness (QED) is 0.451. The molecule has 1 aliphatic heterocycles. The van der Waals surface area contributed by atoms with Crippen molar-refractivity contribution >= 4 is 27.5 Å². The molecule has 0 spiro atoms. The van der Waals surface area contributed by atoms with Crippen molar-refractivity contribution in [1.82, 2.24) is 24.9 Å². The van der Waals surface area contributed by atoms with Crippen LogP contribution in [0.1, 0.15) is 30.3 Å². The van der Waals surface area contributed by atoms with E-state index in [1.54, 1.807) is 13.3 Å². The SMILES string of the molecule is CN=C(NCc1cn2cc(Br)ccc2n1)NCC(c1ccco1)N1CCCC1. The summed E-state index contributed by atoms with van der Waals surface area (Å²) in [5.74, 6) is 1.75. The van der Waals surface area contributed by atoms with Gasteiger partial charge in [0.2, 0.25) is 0 Å². The molecule has 0 amide bonds. The molecule has 8 heteroatoms. The molecule has 7 nitrogen and oxygen atoms in total. The van der Waals surface area contributed by atoms with Crippen LogP contribution in [-0.4, -0.2) is 46.9 Å². The summed E-state index contributed by atoms with van der Waals surface area (Å²) >= 11 is 3.49. The van der Waals surface area contributed by atoms with Gasteiger partial charge in [-0.25, -0.2) is 4.98 Å². The van der Waals surface area contributed by atoms with Gasteiger partial charge in [-0.15, -0.1) is 0 Å². The lowest BCUT2D eigenvalue weighted by atomic mass is 10.2. The minimum Gasteiger partial charge on any atom is -0.468 e. The van der Waals surface area contributed by atoms with Gasteiger partial charge in [0.1, 0.15) is 11.4 Å². The average Bonchev–Trinajstić information content (AvgIpc) is 3.46. The van der Waals surface area contributed by atoms with Gasteiger partial charge in [0.15, 0.2) is 5.96 Å². The molecule has 0 bridgehead atoms. The Hall–Kier alpha value is -2.32. The number of nitrogens with one attached hydrogen (secondary N) is 2. The number of hydrogen-bond acceptors (Lipinski definition) is 4. The first kappa shape index (κ1) is 19.0. The summed E-state index contributed by atoms with van der Waals surface area (Å²) in [5.41, 5.74) is 1.89. The van der Waals surface area contributed by atoms with Crippen molar-refractivity contribution in [2.75, 3.05) is 26.7 Å². The van der Waals surface area contributed by atoms with Crippen molar-refractivity contribution in [1.29, 1.82) is 0 Å². The first-order valence-corrected chi connectivity index (χ1v) is 10.4. The van der Waals surface area contributed by atoms with Crippen LogP contribution >= 0.6 is 15.9 Å².